The number of rotatable bonds is 4. The van der Waals surface area contributed by atoms with E-state index in [-0.39, 0.29) is 35.3 Å². The Morgan fingerprint density at radius 1 is 1.11 bits per heavy atom. The lowest BCUT2D eigenvalue weighted by Gasteiger charge is -2.38. The maximum absolute atomic E-state index is 13.0. The van der Waals surface area contributed by atoms with Crippen LogP contribution in [0.3, 0.4) is 0 Å². The van der Waals surface area contributed by atoms with Crippen LogP contribution in [-0.4, -0.2) is 48.1 Å². The van der Waals surface area contributed by atoms with Crippen LogP contribution in [0.4, 0.5) is 4.39 Å². The molecule has 1 aromatic carbocycles. The number of hydrogen-bond acceptors (Lipinski definition) is 3. The standard InChI is InChI=1S/C21H27FN2O3/c22-17-4-2-16(3-5-17)20(26)24-12-7-15(8-13-24)19(25)23-14-18-6-11-21(27-18)9-1-10-21/h2-5,15,18H,1,6-14H2,(H,23,25). The molecule has 1 aromatic rings. The summed E-state index contributed by atoms with van der Waals surface area (Å²) in [4.78, 5) is 26.7. The topological polar surface area (TPSA) is 58.6 Å². The number of nitrogens with zero attached hydrogens (tertiary/aromatic N) is 1. The number of hydrogen-bond donors (Lipinski definition) is 1. The van der Waals surface area contributed by atoms with Crippen LogP contribution in [-0.2, 0) is 9.53 Å². The Balaban J connectivity index is 1.21. The number of halogens is 1. The molecule has 2 aliphatic heterocycles. The summed E-state index contributed by atoms with van der Waals surface area (Å²) >= 11 is 0. The summed E-state index contributed by atoms with van der Waals surface area (Å²) in [6, 6.07) is 5.61. The molecule has 2 heterocycles. The molecule has 2 amide bonds. The number of piperidine rings is 1. The molecule has 0 radical (unpaired) electrons. The predicted octanol–water partition coefficient (Wildman–Crippen LogP) is 2.90. The average Bonchev–Trinajstić information content (AvgIpc) is 3.11. The lowest BCUT2D eigenvalue weighted by Crippen LogP contribution is -2.45. The van der Waals surface area contributed by atoms with Gasteiger partial charge in [-0.15, -0.1) is 0 Å². The fourth-order valence-corrected chi connectivity index (χ4v) is 4.46. The number of nitrogens with one attached hydrogen (secondary N) is 1. The molecule has 3 fully saturated rings. The Labute approximate surface area is 159 Å². The van der Waals surface area contributed by atoms with Crippen LogP contribution in [0.5, 0.6) is 0 Å². The fourth-order valence-electron chi connectivity index (χ4n) is 4.46. The van der Waals surface area contributed by atoms with Crippen molar-refractivity contribution in [1.29, 1.82) is 0 Å². The minimum absolute atomic E-state index is 0.0543. The highest BCUT2D eigenvalue weighted by molar-refractivity contribution is 5.94. The second-order valence-electron chi connectivity index (χ2n) is 8.13. The van der Waals surface area contributed by atoms with E-state index in [1.54, 1.807) is 4.90 Å². The first-order valence-corrected chi connectivity index (χ1v) is 10.1. The molecule has 1 unspecified atom stereocenters. The molecule has 2 saturated heterocycles. The lowest BCUT2D eigenvalue weighted by molar-refractivity contribution is -0.128. The van der Waals surface area contributed by atoms with Gasteiger partial charge in [-0.1, -0.05) is 0 Å². The molecule has 1 aliphatic carbocycles. The van der Waals surface area contributed by atoms with Crippen LogP contribution in [0.15, 0.2) is 24.3 Å². The van der Waals surface area contributed by atoms with Gasteiger partial charge in [0.2, 0.25) is 5.91 Å². The Morgan fingerprint density at radius 2 is 1.81 bits per heavy atom. The summed E-state index contributed by atoms with van der Waals surface area (Å²) in [5.41, 5.74) is 0.615. The molecule has 3 aliphatic rings. The molecule has 146 valence electrons. The minimum Gasteiger partial charge on any atom is -0.370 e. The molecular weight excluding hydrogens is 347 g/mol. The van der Waals surface area contributed by atoms with Gasteiger partial charge in [-0.2, -0.15) is 0 Å². The van der Waals surface area contributed by atoms with Crippen LogP contribution in [0.2, 0.25) is 0 Å². The van der Waals surface area contributed by atoms with Crippen LogP contribution in [0.1, 0.15) is 55.3 Å². The second-order valence-corrected chi connectivity index (χ2v) is 8.13. The first-order chi connectivity index (χ1) is 13.0. The normalized spacial score (nSPS) is 24.6. The zero-order chi connectivity index (χ0) is 18.9. The zero-order valence-corrected chi connectivity index (χ0v) is 15.6. The molecule has 6 heteroatoms. The maximum Gasteiger partial charge on any atom is 0.253 e. The summed E-state index contributed by atoms with van der Waals surface area (Å²) in [7, 11) is 0. The number of amides is 2. The van der Waals surface area contributed by atoms with Crippen molar-refractivity contribution >= 4 is 11.8 Å². The lowest BCUT2D eigenvalue weighted by atomic mass is 9.78. The summed E-state index contributed by atoms with van der Waals surface area (Å²) in [6.45, 7) is 1.70. The maximum atomic E-state index is 13.0. The van der Waals surface area contributed by atoms with Crippen molar-refractivity contribution in [2.45, 2.75) is 56.7 Å². The first-order valence-electron chi connectivity index (χ1n) is 10.1. The smallest absolute Gasteiger partial charge is 0.253 e. The van der Waals surface area contributed by atoms with Gasteiger partial charge in [0.15, 0.2) is 0 Å². The third kappa shape index (κ3) is 4.00. The van der Waals surface area contributed by atoms with E-state index in [0.29, 0.717) is 38.0 Å². The van der Waals surface area contributed by atoms with Crippen molar-refractivity contribution in [3.63, 3.8) is 0 Å². The number of ether oxygens (including phenoxy) is 1. The summed E-state index contributed by atoms with van der Waals surface area (Å²) in [5.74, 6) is -0.432. The van der Waals surface area contributed by atoms with Crippen molar-refractivity contribution in [2.24, 2.45) is 5.92 Å². The van der Waals surface area contributed by atoms with Gasteiger partial charge in [0.1, 0.15) is 5.82 Å². The first kappa shape index (κ1) is 18.4. The van der Waals surface area contributed by atoms with Crippen molar-refractivity contribution in [3.8, 4) is 0 Å². The molecule has 1 spiro atoms. The van der Waals surface area contributed by atoms with E-state index in [1.165, 1.54) is 30.7 Å². The summed E-state index contributed by atoms with van der Waals surface area (Å²) in [5, 5.41) is 3.05. The minimum atomic E-state index is -0.351. The quantitative estimate of drug-likeness (QED) is 0.882. The summed E-state index contributed by atoms with van der Waals surface area (Å²) in [6.07, 6.45) is 7.21. The Hall–Kier alpha value is -1.95. The van der Waals surface area contributed by atoms with E-state index in [0.717, 1.165) is 25.7 Å². The molecular formula is C21H27FN2O3. The van der Waals surface area contributed by atoms with Crippen LogP contribution >= 0.6 is 0 Å². The number of carbonyl (C=O) groups is 2. The van der Waals surface area contributed by atoms with E-state index in [4.69, 9.17) is 4.74 Å². The van der Waals surface area contributed by atoms with Gasteiger partial charge in [-0.25, -0.2) is 4.39 Å². The third-order valence-electron chi connectivity index (χ3n) is 6.35. The zero-order valence-electron chi connectivity index (χ0n) is 15.6. The predicted molar refractivity (Wildman–Crippen MR) is 98.7 cm³/mol. The summed E-state index contributed by atoms with van der Waals surface area (Å²) < 4.78 is 19.1. The van der Waals surface area contributed by atoms with Gasteiger partial charge in [-0.3, -0.25) is 9.59 Å². The van der Waals surface area contributed by atoms with Crippen molar-refractivity contribution in [1.82, 2.24) is 10.2 Å². The Kier molecular flexibility index (Phi) is 5.17. The van der Waals surface area contributed by atoms with Gasteiger partial charge < -0.3 is 15.0 Å². The number of carbonyl (C=O) groups excluding carboxylic acids is 2. The monoisotopic (exact) mass is 374 g/mol. The molecule has 1 N–H and O–H groups in total. The number of likely N-dealkylation sites (tertiary alicyclic amines) is 1. The fraction of sp³-hybridized carbons (Fsp3) is 0.619. The van der Waals surface area contributed by atoms with Gasteiger partial charge in [-0.05, 0) is 69.2 Å². The van der Waals surface area contributed by atoms with Crippen molar-refractivity contribution < 1.29 is 18.7 Å². The molecule has 1 saturated carbocycles. The Bertz CT molecular complexity index is 694. The van der Waals surface area contributed by atoms with E-state index >= 15 is 0 Å². The highest BCUT2D eigenvalue weighted by Crippen LogP contribution is 2.45. The van der Waals surface area contributed by atoms with Gasteiger partial charge in [0.05, 0.1) is 11.7 Å². The molecule has 27 heavy (non-hydrogen) atoms. The number of benzene rings is 1. The average molecular weight is 374 g/mol. The molecule has 1 atom stereocenters. The largest absolute Gasteiger partial charge is 0.370 e. The van der Waals surface area contributed by atoms with E-state index in [2.05, 4.69) is 5.32 Å². The van der Waals surface area contributed by atoms with E-state index < -0.39 is 0 Å². The van der Waals surface area contributed by atoms with Crippen LogP contribution in [0, 0.1) is 11.7 Å². The van der Waals surface area contributed by atoms with Crippen LogP contribution in [0.25, 0.3) is 0 Å². The van der Waals surface area contributed by atoms with E-state index in [9.17, 15) is 14.0 Å². The second kappa shape index (κ2) is 7.58. The van der Waals surface area contributed by atoms with Crippen LogP contribution < -0.4 is 5.32 Å². The van der Waals surface area contributed by atoms with E-state index in [1.807, 2.05) is 0 Å². The van der Waals surface area contributed by atoms with Gasteiger partial charge in [0, 0.05) is 31.1 Å². The molecule has 5 nitrogen and oxygen atoms in total. The molecule has 0 bridgehead atoms. The van der Waals surface area contributed by atoms with Crippen molar-refractivity contribution in [2.75, 3.05) is 19.6 Å². The SMILES string of the molecule is O=C(NCC1CCC2(CCC2)O1)C1CCN(C(=O)c2ccc(F)cc2)CC1. The van der Waals surface area contributed by atoms with Crippen molar-refractivity contribution in [3.05, 3.63) is 35.6 Å². The highest BCUT2D eigenvalue weighted by Gasteiger charge is 2.44. The van der Waals surface area contributed by atoms with Gasteiger partial charge in [0.25, 0.3) is 5.91 Å². The van der Waals surface area contributed by atoms with Gasteiger partial charge >= 0.3 is 0 Å². The highest BCUT2D eigenvalue weighted by atomic mass is 19.1. The molecule has 4 rings (SSSR count). The Morgan fingerprint density at radius 3 is 2.41 bits per heavy atom. The molecule has 0 aromatic heterocycles. The third-order valence-corrected chi connectivity index (χ3v) is 6.35.